The van der Waals surface area contributed by atoms with Crippen LogP contribution in [0.15, 0.2) is 42.5 Å². The van der Waals surface area contributed by atoms with Crippen molar-refractivity contribution in [3.05, 3.63) is 53.6 Å². The van der Waals surface area contributed by atoms with Crippen molar-refractivity contribution in [3.8, 4) is 0 Å². The molecule has 0 N–H and O–H groups in total. The van der Waals surface area contributed by atoms with Crippen molar-refractivity contribution in [2.75, 3.05) is 0 Å². The first-order valence-electron chi connectivity index (χ1n) is 5.80. The smallest absolute Gasteiger partial charge is 0.170 e. The van der Waals surface area contributed by atoms with Crippen molar-refractivity contribution in [2.24, 2.45) is 5.92 Å². The third kappa shape index (κ3) is 3.05. The van der Waals surface area contributed by atoms with Gasteiger partial charge in [0.1, 0.15) is 0 Å². The van der Waals surface area contributed by atoms with Gasteiger partial charge in [-0.3, -0.25) is 0 Å². The Kier molecular flexibility index (Phi) is 3.67. The maximum absolute atomic E-state index is 12.9. The maximum atomic E-state index is 12.9. The number of hydrogen-bond acceptors (Lipinski definition) is 0. The van der Waals surface area contributed by atoms with Crippen molar-refractivity contribution in [1.82, 2.24) is 0 Å². The molecule has 0 amide bonds. The van der Waals surface area contributed by atoms with Crippen LogP contribution >= 0.6 is 0 Å². The van der Waals surface area contributed by atoms with E-state index in [4.69, 9.17) is 0 Å². The van der Waals surface area contributed by atoms with Crippen LogP contribution in [0.1, 0.15) is 17.5 Å². The Bertz CT molecular complexity index is 530. The van der Waals surface area contributed by atoms with Gasteiger partial charge in [0.05, 0.1) is 11.5 Å². The standard InChI is InChI=1S/C14H10F6/c15-13(16,17)10-7-5-9(6-8-10)11-3-1-2-4-12(11)14(18,19)20/h2-8,12H,1H2. The van der Waals surface area contributed by atoms with Gasteiger partial charge in [-0.1, -0.05) is 30.4 Å². The van der Waals surface area contributed by atoms with Crippen LogP contribution in [0.5, 0.6) is 0 Å². The van der Waals surface area contributed by atoms with E-state index < -0.39 is 23.8 Å². The zero-order valence-corrected chi connectivity index (χ0v) is 10.1. The first kappa shape index (κ1) is 14.7. The summed E-state index contributed by atoms with van der Waals surface area (Å²) >= 11 is 0. The molecule has 0 radical (unpaired) electrons. The van der Waals surface area contributed by atoms with Crippen molar-refractivity contribution in [2.45, 2.75) is 18.8 Å². The van der Waals surface area contributed by atoms with Gasteiger partial charge in [-0.05, 0) is 29.7 Å². The Balaban J connectivity index is 2.33. The van der Waals surface area contributed by atoms with Crippen LogP contribution in [0.4, 0.5) is 26.3 Å². The predicted octanol–water partition coefficient (Wildman–Crippen LogP) is 5.23. The Morgan fingerprint density at radius 1 is 0.900 bits per heavy atom. The third-order valence-electron chi connectivity index (χ3n) is 3.04. The highest BCUT2D eigenvalue weighted by Gasteiger charge is 2.41. The predicted molar refractivity (Wildman–Crippen MR) is 62.7 cm³/mol. The summed E-state index contributed by atoms with van der Waals surface area (Å²) < 4.78 is 75.9. The van der Waals surface area contributed by atoms with Crippen LogP contribution in [-0.2, 0) is 6.18 Å². The fourth-order valence-electron chi connectivity index (χ4n) is 2.07. The highest BCUT2D eigenvalue weighted by Crippen LogP contribution is 2.40. The van der Waals surface area contributed by atoms with E-state index in [0.717, 1.165) is 30.3 Å². The minimum Gasteiger partial charge on any atom is -0.170 e. The molecule has 108 valence electrons. The fourth-order valence-corrected chi connectivity index (χ4v) is 2.07. The fraction of sp³-hybridized carbons (Fsp3) is 0.286. The molecular weight excluding hydrogens is 282 g/mol. The first-order chi connectivity index (χ1) is 9.19. The maximum Gasteiger partial charge on any atom is 0.416 e. The molecule has 1 atom stereocenters. The van der Waals surface area contributed by atoms with Crippen LogP contribution in [0.3, 0.4) is 0 Å². The topological polar surface area (TPSA) is 0 Å². The van der Waals surface area contributed by atoms with Gasteiger partial charge in [0.2, 0.25) is 0 Å². The lowest BCUT2D eigenvalue weighted by molar-refractivity contribution is -0.146. The van der Waals surface area contributed by atoms with Gasteiger partial charge in [-0.2, -0.15) is 26.3 Å². The van der Waals surface area contributed by atoms with Crippen LogP contribution in [-0.4, -0.2) is 6.18 Å². The van der Waals surface area contributed by atoms with Crippen molar-refractivity contribution in [3.63, 3.8) is 0 Å². The van der Waals surface area contributed by atoms with E-state index >= 15 is 0 Å². The first-order valence-corrected chi connectivity index (χ1v) is 5.80. The average Bonchev–Trinajstić information content (AvgIpc) is 2.37. The summed E-state index contributed by atoms with van der Waals surface area (Å²) in [5.74, 6) is -1.77. The highest BCUT2D eigenvalue weighted by molar-refractivity contribution is 5.71. The number of allylic oxidation sites excluding steroid dienone is 4. The van der Waals surface area contributed by atoms with E-state index in [1.54, 1.807) is 0 Å². The zero-order valence-electron chi connectivity index (χ0n) is 10.1. The van der Waals surface area contributed by atoms with Gasteiger partial charge in [-0.15, -0.1) is 0 Å². The molecule has 0 bridgehead atoms. The van der Waals surface area contributed by atoms with E-state index in [1.807, 2.05) is 0 Å². The molecule has 1 aliphatic rings. The van der Waals surface area contributed by atoms with E-state index in [-0.39, 0.29) is 11.1 Å². The molecule has 0 saturated carbocycles. The lowest BCUT2D eigenvalue weighted by Crippen LogP contribution is -2.23. The molecule has 20 heavy (non-hydrogen) atoms. The van der Waals surface area contributed by atoms with Gasteiger partial charge in [0.15, 0.2) is 0 Å². The molecular formula is C14H10F6. The van der Waals surface area contributed by atoms with Crippen LogP contribution in [0.2, 0.25) is 0 Å². The third-order valence-corrected chi connectivity index (χ3v) is 3.04. The van der Waals surface area contributed by atoms with Gasteiger partial charge < -0.3 is 0 Å². The minimum atomic E-state index is -4.50. The average molecular weight is 292 g/mol. The Hall–Kier alpha value is -1.72. The number of hydrogen-bond donors (Lipinski definition) is 0. The molecule has 0 saturated heterocycles. The van der Waals surface area contributed by atoms with E-state index in [2.05, 4.69) is 0 Å². The minimum absolute atomic E-state index is 0.00581. The van der Waals surface area contributed by atoms with E-state index in [1.165, 1.54) is 12.2 Å². The molecule has 0 nitrogen and oxygen atoms in total. The quantitative estimate of drug-likeness (QED) is 0.491. The Morgan fingerprint density at radius 3 is 2.00 bits per heavy atom. The number of rotatable bonds is 1. The van der Waals surface area contributed by atoms with Gasteiger partial charge in [-0.25, -0.2) is 0 Å². The summed E-state index contributed by atoms with van der Waals surface area (Å²) in [5.41, 5.74) is -0.727. The van der Waals surface area contributed by atoms with E-state index in [9.17, 15) is 26.3 Å². The van der Waals surface area contributed by atoms with Gasteiger partial charge in [0, 0.05) is 0 Å². The number of benzene rings is 1. The molecule has 1 aliphatic carbocycles. The summed E-state index contributed by atoms with van der Waals surface area (Å²) in [7, 11) is 0. The van der Waals surface area contributed by atoms with E-state index in [0.29, 0.717) is 6.42 Å². The van der Waals surface area contributed by atoms with Crippen LogP contribution in [0, 0.1) is 5.92 Å². The molecule has 0 fully saturated rings. The molecule has 0 aromatic heterocycles. The molecule has 0 heterocycles. The molecule has 2 rings (SSSR count). The van der Waals surface area contributed by atoms with Crippen LogP contribution < -0.4 is 0 Å². The molecule has 1 aromatic carbocycles. The van der Waals surface area contributed by atoms with Gasteiger partial charge >= 0.3 is 12.4 Å². The summed E-state index contributed by atoms with van der Waals surface area (Å²) in [5, 5.41) is 0. The summed E-state index contributed by atoms with van der Waals surface area (Å²) in [4.78, 5) is 0. The van der Waals surface area contributed by atoms with Crippen molar-refractivity contribution < 1.29 is 26.3 Å². The molecule has 0 aliphatic heterocycles. The van der Waals surface area contributed by atoms with Crippen LogP contribution in [0.25, 0.3) is 5.57 Å². The second-order valence-electron chi connectivity index (χ2n) is 4.42. The SMILES string of the molecule is FC(F)(F)c1ccc(C2=CCC=CC2C(F)(F)F)cc1. The molecule has 0 spiro atoms. The largest absolute Gasteiger partial charge is 0.416 e. The van der Waals surface area contributed by atoms with Crippen molar-refractivity contribution in [1.29, 1.82) is 0 Å². The zero-order chi connectivity index (χ0) is 15.0. The lowest BCUT2D eigenvalue weighted by Gasteiger charge is -2.23. The monoisotopic (exact) mass is 292 g/mol. The summed E-state index contributed by atoms with van der Waals surface area (Å²) in [6, 6.07) is 3.74. The van der Waals surface area contributed by atoms with Gasteiger partial charge in [0.25, 0.3) is 0 Å². The molecule has 1 unspecified atom stereocenters. The second-order valence-corrected chi connectivity index (χ2v) is 4.42. The summed E-state index contributed by atoms with van der Waals surface area (Å²) in [6.45, 7) is 0. The highest BCUT2D eigenvalue weighted by atomic mass is 19.4. The summed E-state index contributed by atoms with van der Waals surface area (Å²) in [6.07, 6.45) is -4.79. The lowest BCUT2D eigenvalue weighted by atomic mass is 9.87. The van der Waals surface area contributed by atoms with Crippen molar-refractivity contribution >= 4 is 5.57 Å². The molecule has 1 aromatic rings. The molecule has 6 heteroatoms. The number of alkyl halides is 6. The normalized spacial score (nSPS) is 19.9. The number of halogens is 6. The second kappa shape index (κ2) is 5.00. The Labute approximate surface area is 111 Å². The Morgan fingerprint density at radius 2 is 1.50 bits per heavy atom.